The van der Waals surface area contributed by atoms with Crippen LogP contribution in [-0.2, 0) is 20.0 Å². The average molecular weight is 453 g/mol. The largest absolute Gasteiger partial charge is 0.284 e. The highest BCUT2D eigenvalue weighted by atomic mass is 32.2. The van der Waals surface area contributed by atoms with Crippen LogP contribution in [0.1, 0.15) is 30.5 Å². The predicted octanol–water partition coefficient (Wildman–Crippen LogP) is 2.47. The molecule has 1 aliphatic rings. The number of nitrogens with one attached hydrogen (secondary N) is 1. The van der Waals surface area contributed by atoms with Crippen molar-refractivity contribution < 1.29 is 21.8 Å². The van der Waals surface area contributed by atoms with Gasteiger partial charge in [0.2, 0.25) is 20.0 Å². The quantitative estimate of drug-likeness (QED) is 0.506. The molecule has 2 aromatic rings. The minimum Gasteiger partial charge on any atom is -0.284 e. The van der Waals surface area contributed by atoms with E-state index in [1.54, 1.807) is 30.3 Å². The van der Waals surface area contributed by atoms with E-state index in [1.807, 2.05) is 0 Å². The van der Waals surface area contributed by atoms with E-state index >= 15 is 0 Å². The fraction of sp³-hybridized carbons (Fsp3) is 0.278. The lowest BCUT2D eigenvalue weighted by Crippen LogP contribution is -2.28. The number of hydrogen-bond acceptors (Lipinski definition) is 7. The summed E-state index contributed by atoms with van der Waals surface area (Å²) in [6.45, 7) is 1.50. The van der Waals surface area contributed by atoms with E-state index in [-0.39, 0.29) is 17.9 Å². The molecule has 1 heterocycles. The molecule has 12 heteroatoms. The summed E-state index contributed by atoms with van der Waals surface area (Å²) in [6.07, 6.45) is 1.26. The third-order valence-corrected chi connectivity index (χ3v) is 6.75. The van der Waals surface area contributed by atoms with Crippen molar-refractivity contribution in [1.82, 2.24) is 4.41 Å². The van der Waals surface area contributed by atoms with Crippen LogP contribution in [0.5, 0.6) is 0 Å². The van der Waals surface area contributed by atoms with Crippen LogP contribution in [0.3, 0.4) is 0 Å². The highest BCUT2D eigenvalue weighted by Crippen LogP contribution is 2.36. The Bertz CT molecular complexity index is 1210. The highest BCUT2D eigenvalue weighted by molar-refractivity contribution is 7.92. The van der Waals surface area contributed by atoms with Gasteiger partial charge in [0.15, 0.2) is 0 Å². The molecule has 0 saturated heterocycles. The molecule has 2 aromatic carbocycles. The molecule has 0 saturated carbocycles. The zero-order valence-corrected chi connectivity index (χ0v) is 17.9. The first kappa shape index (κ1) is 21.7. The maximum absolute atomic E-state index is 12.6. The monoisotopic (exact) mass is 452 g/mol. The lowest BCUT2D eigenvalue weighted by atomic mass is 9.99. The summed E-state index contributed by atoms with van der Waals surface area (Å²) in [7, 11) is -7.14. The van der Waals surface area contributed by atoms with Gasteiger partial charge >= 0.3 is 0 Å². The number of non-ortho nitro benzene ring substituents is 1. The summed E-state index contributed by atoms with van der Waals surface area (Å²) in [5.41, 5.74) is 1.81. The SMILES string of the molecule is CCS(=O)(=O)N1N=C(c2ccc(NS(C)(=O)=O)cc2)C[C@H]1c1cccc([N+](=O)[O-])c1. The molecule has 30 heavy (non-hydrogen) atoms. The Labute approximate surface area is 174 Å². The maximum atomic E-state index is 12.6. The number of rotatable bonds is 7. The van der Waals surface area contributed by atoms with Crippen LogP contribution in [0.4, 0.5) is 11.4 Å². The van der Waals surface area contributed by atoms with Crippen molar-refractivity contribution in [2.24, 2.45) is 5.10 Å². The Morgan fingerprint density at radius 1 is 1.17 bits per heavy atom. The van der Waals surface area contributed by atoms with Gasteiger partial charge in [-0.05, 0) is 30.2 Å². The number of nitro groups is 1. The van der Waals surface area contributed by atoms with E-state index in [1.165, 1.54) is 25.1 Å². The van der Waals surface area contributed by atoms with Crippen molar-refractivity contribution in [3.63, 3.8) is 0 Å². The Morgan fingerprint density at radius 3 is 2.40 bits per heavy atom. The lowest BCUT2D eigenvalue weighted by molar-refractivity contribution is -0.384. The fourth-order valence-corrected chi connectivity index (χ4v) is 4.73. The van der Waals surface area contributed by atoms with E-state index < -0.39 is 31.0 Å². The summed E-state index contributed by atoms with van der Waals surface area (Å²) >= 11 is 0. The van der Waals surface area contributed by atoms with Gasteiger partial charge in [0.05, 0.1) is 28.7 Å². The normalized spacial score (nSPS) is 16.9. The molecule has 0 aliphatic carbocycles. The van der Waals surface area contributed by atoms with Gasteiger partial charge in [0.25, 0.3) is 5.69 Å². The van der Waals surface area contributed by atoms with Gasteiger partial charge in [-0.3, -0.25) is 14.8 Å². The van der Waals surface area contributed by atoms with Crippen LogP contribution >= 0.6 is 0 Å². The smallest absolute Gasteiger partial charge is 0.269 e. The first-order chi connectivity index (χ1) is 14.0. The standard InChI is InChI=1S/C18H20N4O6S2/c1-3-30(27,28)21-18(14-5-4-6-16(11-14)22(23)24)12-17(19-21)13-7-9-15(10-8-13)20-29(2,25)26/h4-11,18,20H,3,12H2,1-2H3/t18-/m0/s1. The van der Waals surface area contributed by atoms with E-state index in [2.05, 4.69) is 9.82 Å². The van der Waals surface area contributed by atoms with Crippen molar-refractivity contribution in [3.05, 3.63) is 69.8 Å². The van der Waals surface area contributed by atoms with Crippen molar-refractivity contribution in [1.29, 1.82) is 0 Å². The number of hydrazone groups is 1. The highest BCUT2D eigenvalue weighted by Gasteiger charge is 2.36. The molecule has 3 rings (SSSR count). The summed E-state index contributed by atoms with van der Waals surface area (Å²) in [5, 5.41) is 15.4. The molecule has 0 fully saturated rings. The van der Waals surface area contributed by atoms with E-state index in [0.29, 0.717) is 22.5 Å². The first-order valence-corrected chi connectivity index (χ1v) is 12.4. The number of hydrogen-bond donors (Lipinski definition) is 1. The second-order valence-corrected chi connectivity index (χ2v) is 10.6. The molecule has 1 atom stereocenters. The average Bonchev–Trinajstić information content (AvgIpc) is 3.14. The summed E-state index contributed by atoms with van der Waals surface area (Å²) in [4.78, 5) is 10.6. The molecular formula is C18H20N4O6S2. The van der Waals surface area contributed by atoms with Crippen molar-refractivity contribution in [2.75, 3.05) is 16.7 Å². The van der Waals surface area contributed by atoms with E-state index in [4.69, 9.17) is 0 Å². The van der Waals surface area contributed by atoms with Gasteiger partial charge in [0.1, 0.15) is 0 Å². The molecule has 0 unspecified atom stereocenters. The molecule has 0 aromatic heterocycles. The predicted molar refractivity (Wildman–Crippen MR) is 113 cm³/mol. The minimum absolute atomic E-state index is 0.133. The second kappa shape index (κ2) is 8.03. The third kappa shape index (κ3) is 4.76. The molecule has 1 N–H and O–H groups in total. The maximum Gasteiger partial charge on any atom is 0.269 e. The zero-order chi connectivity index (χ0) is 22.1. The molecule has 0 bridgehead atoms. The zero-order valence-electron chi connectivity index (χ0n) is 16.2. The molecular weight excluding hydrogens is 432 g/mol. The Hall–Kier alpha value is -2.99. The van der Waals surface area contributed by atoms with Crippen molar-refractivity contribution in [2.45, 2.75) is 19.4 Å². The van der Waals surface area contributed by atoms with Crippen LogP contribution in [0, 0.1) is 10.1 Å². The lowest BCUT2D eigenvalue weighted by Gasteiger charge is -2.22. The number of nitrogens with zero attached hydrogens (tertiary/aromatic N) is 3. The molecule has 0 amide bonds. The van der Waals surface area contributed by atoms with Crippen molar-refractivity contribution >= 4 is 37.1 Å². The second-order valence-electron chi connectivity index (χ2n) is 6.74. The Balaban J connectivity index is 1.97. The van der Waals surface area contributed by atoms with Gasteiger partial charge in [0, 0.05) is 24.2 Å². The fourth-order valence-electron chi connectivity index (χ4n) is 3.09. The van der Waals surface area contributed by atoms with Crippen LogP contribution < -0.4 is 4.72 Å². The summed E-state index contributed by atoms with van der Waals surface area (Å²) < 4.78 is 51.3. The van der Waals surface area contributed by atoms with Crippen LogP contribution in [0.15, 0.2) is 53.6 Å². The topological polar surface area (TPSA) is 139 Å². The number of anilines is 1. The Morgan fingerprint density at radius 2 is 1.83 bits per heavy atom. The van der Waals surface area contributed by atoms with E-state index in [0.717, 1.165) is 10.7 Å². The minimum atomic E-state index is -3.72. The number of nitro benzene ring substituents is 1. The molecule has 160 valence electrons. The van der Waals surface area contributed by atoms with Crippen LogP contribution in [0.2, 0.25) is 0 Å². The van der Waals surface area contributed by atoms with Gasteiger partial charge < -0.3 is 0 Å². The van der Waals surface area contributed by atoms with Crippen molar-refractivity contribution in [3.8, 4) is 0 Å². The molecule has 0 spiro atoms. The molecule has 0 radical (unpaired) electrons. The van der Waals surface area contributed by atoms with Crippen LogP contribution in [0.25, 0.3) is 0 Å². The third-order valence-electron chi connectivity index (χ3n) is 4.51. The van der Waals surface area contributed by atoms with Gasteiger partial charge in [-0.1, -0.05) is 24.3 Å². The summed E-state index contributed by atoms with van der Waals surface area (Å²) in [5.74, 6) is -0.174. The molecule has 1 aliphatic heterocycles. The van der Waals surface area contributed by atoms with Gasteiger partial charge in [-0.25, -0.2) is 16.8 Å². The van der Waals surface area contributed by atoms with Gasteiger partial charge in [-0.15, -0.1) is 0 Å². The van der Waals surface area contributed by atoms with E-state index in [9.17, 15) is 26.9 Å². The van der Waals surface area contributed by atoms with Crippen LogP contribution in [-0.4, -0.2) is 43.9 Å². The Kier molecular flexibility index (Phi) is 5.81. The number of benzene rings is 2. The molecule has 10 nitrogen and oxygen atoms in total. The summed E-state index contributed by atoms with van der Waals surface area (Å²) in [6, 6.07) is 11.5. The number of sulfonamides is 2. The van der Waals surface area contributed by atoms with Gasteiger partial charge in [-0.2, -0.15) is 9.52 Å². The first-order valence-electron chi connectivity index (χ1n) is 8.92.